The van der Waals surface area contributed by atoms with Crippen molar-refractivity contribution >= 4 is 17.5 Å². The van der Waals surface area contributed by atoms with Crippen LogP contribution in [0.5, 0.6) is 0 Å². The molecule has 1 aliphatic rings. The number of fused-ring (bicyclic) bond motifs is 1. The van der Waals surface area contributed by atoms with E-state index in [0.717, 1.165) is 0 Å². The van der Waals surface area contributed by atoms with Crippen LogP contribution in [0.15, 0.2) is 4.79 Å². The normalized spacial score (nSPS) is 15.5. The molecule has 8 nitrogen and oxygen atoms in total. The van der Waals surface area contributed by atoms with Crippen molar-refractivity contribution < 1.29 is 9.84 Å². The third kappa shape index (κ3) is 2.17. The largest absolute Gasteiger partial charge is 0.394 e. The predicted molar refractivity (Wildman–Crippen MR) is 62.7 cm³/mol. The van der Waals surface area contributed by atoms with E-state index in [1.807, 2.05) is 6.92 Å². The van der Waals surface area contributed by atoms with Crippen molar-refractivity contribution in [2.24, 2.45) is 0 Å². The molecule has 8 heteroatoms. The number of hydrogen-bond acceptors (Lipinski definition) is 7. The second-order valence-corrected chi connectivity index (χ2v) is 3.65. The van der Waals surface area contributed by atoms with Crippen LogP contribution in [0.25, 0.3) is 0 Å². The Morgan fingerprint density at radius 1 is 1.71 bits per heavy atom. The molecule has 1 atom stereocenters. The molecular formula is C9H15N5O3. The van der Waals surface area contributed by atoms with Crippen LogP contribution in [0, 0.1) is 0 Å². The maximum atomic E-state index is 11.6. The highest BCUT2D eigenvalue weighted by Crippen LogP contribution is 2.27. The topological polar surface area (TPSA) is 116 Å². The monoisotopic (exact) mass is 241 g/mol. The molecule has 0 saturated carbocycles. The molecule has 0 spiro atoms. The number of aliphatic hydroxyl groups excluding tert-OH is 1. The number of aromatic nitrogens is 2. The quantitative estimate of drug-likeness (QED) is 0.528. The van der Waals surface area contributed by atoms with Crippen LogP contribution in [-0.4, -0.2) is 41.2 Å². The molecule has 0 amide bonds. The number of ether oxygens (including phenoxy) is 1. The van der Waals surface area contributed by atoms with E-state index in [0.29, 0.717) is 18.2 Å². The van der Waals surface area contributed by atoms with Gasteiger partial charge in [-0.1, -0.05) is 0 Å². The Morgan fingerprint density at radius 2 is 2.47 bits per heavy atom. The number of rotatable bonds is 4. The van der Waals surface area contributed by atoms with Gasteiger partial charge in [0.25, 0.3) is 5.56 Å². The number of nitrogen functional groups attached to an aromatic ring is 1. The van der Waals surface area contributed by atoms with Crippen molar-refractivity contribution in [1.82, 2.24) is 9.97 Å². The maximum absolute atomic E-state index is 11.6. The van der Waals surface area contributed by atoms with Crippen LogP contribution in [-0.2, 0) is 4.74 Å². The molecule has 1 unspecified atom stereocenters. The van der Waals surface area contributed by atoms with E-state index in [-0.39, 0.29) is 30.9 Å². The second kappa shape index (κ2) is 4.60. The Kier molecular flexibility index (Phi) is 3.16. The first-order chi connectivity index (χ1) is 8.13. The van der Waals surface area contributed by atoms with E-state index in [1.165, 1.54) is 0 Å². The fraction of sp³-hybridized carbons (Fsp3) is 0.556. The molecule has 17 heavy (non-hydrogen) atoms. The molecule has 1 aromatic rings. The minimum absolute atomic E-state index is 0.0522. The van der Waals surface area contributed by atoms with E-state index in [9.17, 15) is 4.79 Å². The average molecular weight is 241 g/mol. The van der Waals surface area contributed by atoms with Crippen molar-refractivity contribution in [3.8, 4) is 0 Å². The molecule has 0 bridgehead atoms. The zero-order valence-electron chi connectivity index (χ0n) is 9.43. The number of aromatic amines is 1. The van der Waals surface area contributed by atoms with Gasteiger partial charge >= 0.3 is 0 Å². The van der Waals surface area contributed by atoms with Gasteiger partial charge in [0.05, 0.1) is 19.9 Å². The van der Waals surface area contributed by atoms with E-state index in [4.69, 9.17) is 15.6 Å². The maximum Gasteiger partial charge on any atom is 0.277 e. The summed E-state index contributed by atoms with van der Waals surface area (Å²) in [5.74, 6) is 0.536. The van der Waals surface area contributed by atoms with Gasteiger partial charge in [0.1, 0.15) is 11.9 Å². The Morgan fingerprint density at radius 3 is 3.18 bits per heavy atom. The molecule has 2 rings (SSSR count). The third-order valence-corrected chi connectivity index (χ3v) is 2.51. The molecule has 94 valence electrons. The summed E-state index contributed by atoms with van der Waals surface area (Å²) in [6.07, 6.45) is -0.301. The van der Waals surface area contributed by atoms with E-state index in [2.05, 4.69) is 15.3 Å². The van der Waals surface area contributed by atoms with Gasteiger partial charge in [-0.2, -0.15) is 4.98 Å². The smallest absolute Gasteiger partial charge is 0.277 e. The summed E-state index contributed by atoms with van der Waals surface area (Å²) < 4.78 is 5.35. The minimum Gasteiger partial charge on any atom is -0.394 e. The summed E-state index contributed by atoms with van der Waals surface area (Å²) in [5.41, 5.74) is 5.58. The van der Waals surface area contributed by atoms with Crippen LogP contribution in [0.2, 0.25) is 0 Å². The van der Waals surface area contributed by atoms with Gasteiger partial charge in [-0.15, -0.1) is 0 Å². The lowest BCUT2D eigenvalue weighted by molar-refractivity contribution is 0.0384. The lowest BCUT2D eigenvalue weighted by Gasteiger charge is -2.24. The second-order valence-electron chi connectivity index (χ2n) is 3.65. The van der Waals surface area contributed by atoms with Gasteiger partial charge in [-0.3, -0.25) is 9.78 Å². The van der Waals surface area contributed by atoms with Gasteiger partial charge in [0.2, 0.25) is 5.95 Å². The lowest BCUT2D eigenvalue weighted by atomic mass is 10.4. The lowest BCUT2D eigenvalue weighted by Crippen LogP contribution is -2.36. The Balaban J connectivity index is 2.24. The van der Waals surface area contributed by atoms with Crippen LogP contribution in [0.4, 0.5) is 17.5 Å². The van der Waals surface area contributed by atoms with Gasteiger partial charge in [0, 0.05) is 0 Å². The van der Waals surface area contributed by atoms with E-state index in [1.54, 1.807) is 4.90 Å². The van der Waals surface area contributed by atoms with Crippen molar-refractivity contribution in [2.75, 3.05) is 35.8 Å². The van der Waals surface area contributed by atoms with Crippen LogP contribution in [0.1, 0.15) is 6.92 Å². The molecule has 0 radical (unpaired) electrons. The third-order valence-electron chi connectivity index (χ3n) is 2.51. The van der Waals surface area contributed by atoms with Crippen molar-refractivity contribution in [2.45, 2.75) is 13.2 Å². The van der Waals surface area contributed by atoms with Crippen molar-refractivity contribution in [3.63, 3.8) is 0 Å². The SMILES string of the molecule is CC(OCCO)N1CNc2c1nc(N)[nH]c2=O. The predicted octanol–water partition coefficient (Wildman–Crippen LogP) is -1.10. The fourth-order valence-electron chi connectivity index (χ4n) is 1.70. The Labute approximate surface area is 97.4 Å². The summed E-state index contributed by atoms with van der Waals surface area (Å²) in [6, 6.07) is 0. The number of nitrogens with zero attached hydrogens (tertiary/aromatic N) is 2. The Bertz CT molecular complexity index is 460. The highest BCUT2D eigenvalue weighted by molar-refractivity contribution is 5.70. The number of nitrogens with two attached hydrogens (primary N) is 1. The first-order valence-electron chi connectivity index (χ1n) is 5.26. The number of hydrogen-bond donors (Lipinski definition) is 4. The van der Waals surface area contributed by atoms with E-state index >= 15 is 0 Å². The highest BCUT2D eigenvalue weighted by Gasteiger charge is 2.27. The first kappa shape index (κ1) is 11.7. The van der Waals surface area contributed by atoms with Gasteiger partial charge in [-0.05, 0) is 6.92 Å². The number of aliphatic hydroxyl groups is 1. The number of H-pyrrole nitrogens is 1. The van der Waals surface area contributed by atoms with Crippen LogP contribution < -0.4 is 21.5 Å². The molecule has 0 aromatic carbocycles. The van der Waals surface area contributed by atoms with Crippen molar-refractivity contribution in [3.05, 3.63) is 10.4 Å². The first-order valence-corrected chi connectivity index (χ1v) is 5.26. The highest BCUT2D eigenvalue weighted by atomic mass is 16.5. The summed E-state index contributed by atoms with van der Waals surface area (Å²) in [6.45, 7) is 2.40. The summed E-state index contributed by atoms with van der Waals surface area (Å²) >= 11 is 0. The minimum atomic E-state index is -0.302. The van der Waals surface area contributed by atoms with Gasteiger partial charge < -0.3 is 25.8 Å². The molecule has 2 heterocycles. The molecule has 0 fully saturated rings. The summed E-state index contributed by atoms with van der Waals surface area (Å²) in [5, 5.41) is 11.6. The Hall–Kier alpha value is -1.80. The molecule has 0 aliphatic carbocycles. The van der Waals surface area contributed by atoms with E-state index < -0.39 is 0 Å². The molecule has 1 aromatic heterocycles. The van der Waals surface area contributed by atoms with Gasteiger partial charge in [0.15, 0.2) is 5.82 Å². The molecule has 1 aliphatic heterocycles. The molecule has 5 N–H and O–H groups in total. The van der Waals surface area contributed by atoms with Crippen LogP contribution in [0.3, 0.4) is 0 Å². The zero-order chi connectivity index (χ0) is 12.4. The number of anilines is 3. The number of nitrogens with one attached hydrogen (secondary N) is 2. The summed E-state index contributed by atoms with van der Waals surface area (Å²) in [4.78, 5) is 19.8. The zero-order valence-corrected chi connectivity index (χ0v) is 9.43. The summed E-state index contributed by atoms with van der Waals surface area (Å²) in [7, 11) is 0. The fourth-order valence-corrected chi connectivity index (χ4v) is 1.70. The van der Waals surface area contributed by atoms with Gasteiger partial charge in [-0.25, -0.2) is 0 Å². The average Bonchev–Trinajstić information content (AvgIpc) is 2.69. The molecular weight excluding hydrogens is 226 g/mol. The van der Waals surface area contributed by atoms with Crippen LogP contribution >= 0.6 is 0 Å². The molecule has 0 saturated heterocycles. The van der Waals surface area contributed by atoms with Crippen molar-refractivity contribution in [1.29, 1.82) is 0 Å². The standard InChI is InChI=1S/C9H15N5O3/c1-5(17-3-2-15)14-4-11-6-7(14)12-9(10)13-8(6)16/h5,11,15H,2-4H2,1H3,(H3,10,12,13,16).